The maximum atomic E-state index is 0. The van der Waals surface area contributed by atoms with E-state index in [1.807, 2.05) is 0 Å². The summed E-state index contributed by atoms with van der Waals surface area (Å²) in [4.78, 5) is 0. The zero-order valence-electron chi connectivity index (χ0n) is 1.78. The minimum absolute atomic E-state index is 0. The molecule has 0 saturated carbocycles. The second-order valence-corrected chi connectivity index (χ2v) is 0. The van der Waals surface area contributed by atoms with Crippen LogP contribution in [0.5, 0.6) is 0 Å². The smallest absolute Gasteiger partial charge is 0 e. The fourth-order valence-corrected chi connectivity index (χ4v) is 0. The Morgan fingerprint density at radius 1 is 0.400 bits per heavy atom. The molecule has 5 heteroatoms. The Balaban J connectivity index is 0. The quantitative estimate of drug-likeness (QED) is 0.301. The second kappa shape index (κ2) is 24.4. The van der Waals surface area contributed by atoms with Crippen LogP contribution >= 0.6 is 0 Å². The molecule has 0 spiro atoms. The summed E-state index contributed by atoms with van der Waals surface area (Å²) in [6.07, 6.45) is 0. The molecule has 0 aromatic rings. The van der Waals surface area contributed by atoms with Gasteiger partial charge in [0.25, 0.3) is 0 Å². The van der Waals surface area contributed by atoms with Gasteiger partial charge in [0.05, 0.1) is 0 Å². The van der Waals surface area contributed by atoms with E-state index in [1.54, 1.807) is 0 Å². The number of rotatable bonds is 0. The first-order valence-corrected chi connectivity index (χ1v) is 0. The van der Waals surface area contributed by atoms with Crippen LogP contribution in [0.2, 0.25) is 0 Å². The first-order valence-electron chi connectivity index (χ1n) is 0. The summed E-state index contributed by atoms with van der Waals surface area (Å²) >= 11 is 0. The van der Waals surface area contributed by atoms with Crippen LogP contribution in [-0.4, -0.2) is 0 Å². The molecule has 0 aromatic carbocycles. The van der Waals surface area contributed by atoms with Crippen molar-refractivity contribution in [2.75, 3.05) is 0 Å². The molecule has 0 aliphatic rings. The zero-order valence-corrected chi connectivity index (χ0v) is 13.3. The van der Waals surface area contributed by atoms with Crippen LogP contribution in [0.3, 0.4) is 0 Å². The van der Waals surface area contributed by atoms with Crippen LogP contribution in [-0.2, 0) is 122 Å². The average molecular weight is 877 g/mol. The van der Waals surface area contributed by atoms with Gasteiger partial charge in [0.15, 0.2) is 0 Å². The molecular weight excluding hydrogens is 877 g/mol. The van der Waals surface area contributed by atoms with Crippen molar-refractivity contribution < 1.29 is 122 Å². The van der Waals surface area contributed by atoms with Gasteiger partial charge in [0, 0.05) is 122 Å². The molecule has 0 aliphatic heterocycles. The van der Waals surface area contributed by atoms with Crippen molar-refractivity contribution in [2.24, 2.45) is 0 Å². The molecule has 47 valence electrons. The largest absolute Gasteiger partial charge is 0 e. The van der Waals surface area contributed by atoms with E-state index in [2.05, 4.69) is 0 Å². The van der Waals surface area contributed by atoms with Crippen LogP contribution in [0.4, 0.5) is 0 Å². The van der Waals surface area contributed by atoms with E-state index >= 15 is 0 Å². The molecular formula is Au4Y. The third kappa shape index (κ3) is 18.0. The molecule has 0 rings (SSSR count). The monoisotopic (exact) mass is 877 g/mol. The molecule has 0 heterocycles. The molecule has 0 N–H and O–H groups in total. The molecule has 5 radical (unpaired) electrons. The van der Waals surface area contributed by atoms with Gasteiger partial charge < -0.3 is 0 Å². The van der Waals surface area contributed by atoms with Gasteiger partial charge in [-0.15, -0.1) is 0 Å². The van der Waals surface area contributed by atoms with Crippen molar-refractivity contribution >= 4 is 0 Å². The van der Waals surface area contributed by atoms with Gasteiger partial charge in [0.2, 0.25) is 0 Å². The summed E-state index contributed by atoms with van der Waals surface area (Å²) in [5.41, 5.74) is 0. The first kappa shape index (κ1) is 35.7. The maximum Gasteiger partial charge on any atom is 0 e. The van der Waals surface area contributed by atoms with E-state index in [0.717, 1.165) is 0 Å². The van der Waals surface area contributed by atoms with Crippen LogP contribution in [0.15, 0.2) is 0 Å². The topological polar surface area (TPSA) is 0 Å². The fourth-order valence-electron chi connectivity index (χ4n) is 0. The summed E-state index contributed by atoms with van der Waals surface area (Å²) < 4.78 is 0. The second-order valence-electron chi connectivity index (χ2n) is 0. The molecule has 0 fully saturated rings. The maximum absolute atomic E-state index is 0. The van der Waals surface area contributed by atoms with Gasteiger partial charge in [0.1, 0.15) is 0 Å². The Morgan fingerprint density at radius 3 is 0.400 bits per heavy atom. The summed E-state index contributed by atoms with van der Waals surface area (Å²) in [5.74, 6) is 0. The Bertz CT molecular complexity index is 3.61. The van der Waals surface area contributed by atoms with E-state index in [9.17, 15) is 0 Å². The third-order valence-corrected chi connectivity index (χ3v) is 0. The minimum Gasteiger partial charge on any atom is 0 e. The van der Waals surface area contributed by atoms with Crippen molar-refractivity contribution in [1.29, 1.82) is 0 Å². The van der Waals surface area contributed by atoms with Crippen LogP contribution in [0.1, 0.15) is 0 Å². The SMILES string of the molecule is [Au].[Au].[Au].[Au].[Y]. The first-order chi connectivity index (χ1) is 0. The summed E-state index contributed by atoms with van der Waals surface area (Å²) in [7, 11) is 0. The number of hydrogen-bond donors (Lipinski definition) is 0. The van der Waals surface area contributed by atoms with Gasteiger partial charge in [-0.3, -0.25) is 0 Å². The summed E-state index contributed by atoms with van der Waals surface area (Å²) in [5, 5.41) is 0. The van der Waals surface area contributed by atoms with Gasteiger partial charge in [-0.2, -0.15) is 0 Å². The van der Waals surface area contributed by atoms with Crippen LogP contribution in [0, 0.1) is 0 Å². The van der Waals surface area contributed by atoms with Crippen LogP contribution < -0.4 is 0 Å². The molecule has 5 heavy (non-hydrogen) atoms. The van der Waals surface area contributed by atoms with Crippen LogP contribution in [0.25, 0.3) is 0 Å². The number of hydrogen-bond acceptors (Lipinski definition) is 0. The van der Waals surface area contributed by atoms with E-state index in [4.69, 9.17) is 0 Å². The fraction of sp³-hybridized carbons (Fsp3) is 0. The molecule has 0 bridgehead atoms. The normalized spacial score (nSPS) is 0. The molecule has 0 amide bonds. The molecule has 0 unspecified atom stereocenters. The van der Waals surface area contributed by atoms with Gasteiger partial charge in [-0.25, -0.2) is 0 Å². The van der Waals surface area contributed by atoms with Crippen molar-refractivity contribution in [1.82, 2.24) is 0 Å². The summed E-state index contributed by atoms with van der Waals surface area (Å²) in [6, 6.07) is 0. The zero-order chi connectivity index (χ0) is 0. The Hall–Kier alpha value is 4.06. The Labute approximate surface area is 119 Å². The molecule has 0 aliphatic carbocycles. The predicted octanol–water partition coefficient (Wildman–Crippen LogP) is -0.0125. The standard InChI is InChI=1S/4Au.Y. The van der Waals surface area contributed by atoms with Crippen molar-refractivity contribution in [3.8, 4) is 0 Å². The average Bonchev–Trinajstić information content (AvgIpc) is 0. The van der Waals surface area contributed by atoms with Crippen molar-refractivity contribution in [3.05, 3.63) is 0 Å². The molecule has 0 nitrogen and oxygen atoms in total. The van der Waals surface area contributed by atoms with E-state index < -0.39 is 0 Å². The van der Waals surface area contributed by atoms with Crippen molar-refractivity contribution in [2.45, 2.75) is 0 Å². The van der Waals surface area contributed by atoms with Gasteiger partial charge >= 0.3 is 0 Å². The Kier molecular flexibility index (Phi) is 174. The summed E-state index contributed by atoms with van der Waals surface area (Å²) in [6.45, 7) is 0. The van der Waals surface area contributed by atoms with E-state index in [1.165, 1.54) is 0 Å². The van der Waals surface area contributed by atoms with Crippen molar-refractivity contribution in [3.63, 3.8) is 0 Å². The van der Waals surface area contributed by atoms with E-state index in [-0.39, 0.29) is 122 Å². The van der Waals surface area contributed by atoms with Gasteiger partial charge in [-0.05, 0) is 0 Å². The predicted molar refractivity (Wildman–Crippen MR) is 0 cm³/mol. The van der Waals surface area contributed by atoms with E-state index in [0.29, 0.717) is 0 Å². The molecule has 0 saturated heterocycles. The molecule has 0 aromatic heterocycles. The van der Waals surface area contributed by atoms with Gasteiger partial charge in [-0.1, -0.05) is 0 Å². The Morgan fingerprint density at radius 2 is 0.400 bits per heavy atom. The minimum atomic E-state index is 0. The molecule has 0 atom stereocenters. The third-order valence-electron chi connectivity index (χ3n) is 0.